The second kappa shape index (κ2) is 5.63. The fourth-order valence-electron chi connectivity index (χ4n) is 2.43. The van der Waals surface area contributed by atoms with Crippen molar-refractivity contribution in [3.63, 3.8) is 0 Å². The second-order valence-electron chi connectivity index (χ2n) is 5.31. The van der Waals surface area contributed by atoms with Gasteiger partial charge >= 0.3 is 5.97 Å². The summed E-state index contributed by atoms with van der Waals surface area (Å²) in [5.41, 5.74) is 1.94. The Morgan fingerprint density at radius 1 is 1.40 bits per heavy atom. The Kier molecular flexibility index (Phi) is 4.09. The molecule has 1 aromatic heterocycles. The van der Waals surface area contributed by atoms with E-state index < -0.39 is 5.97 Å². The van der Waals surface area contributed by atoms with E-state index in [0.29, 0.717) is 6.61 Å². The molecule has 0 bridgehead atoms. The van der Waals surface area contributed by atoms with E-state index in [4.69, 9.17) is 9.84 Å². The molecule has 0 aliphatic heterocycles. The SMILES string of the molecule is COCC(C)n1c(C(C)C)nc2ccc(C(=O)O)cc21. The van der Waals surface area contributed by atoms with Gasteiger partial charge in [-0.15, -0.1) is 0 Å². The summed E-state index contributed by atoms with van der Waals surface area (Å²) in [6.45, 7) is 6.76. The van der Waals surface area contributed by atoms with Crippen LogP contribution in [0, 0.1) is 0 Å². The molecule has 1 aromatic carbocycles. The van der Waals surface area contributed by atoms with Crippen LogP contribution < -0.4 is 0 Å². The van der Waals surface area contributed by atoms with Gasteiger partial charge in [0.2, 0.25) is 0 Å². The van der Waals surface area contributed by atoms with E-state index in [0.717, 1.165) is 16.9 Å². The lowest BCUT2D eigenvalue weighted by atomic mass is 10.2. The average molecular weight is 276 g/mol. The van der Waals surface area contributed by atoms with Crippen LogP contribution in [-0.2, 0) is 4.74 Å². The van der Waals surface area contributed by atoms with Crippen LogP contribution in [0.2, 0.25) is 0 Å². The number of fused-ring (bicyclic) bond motifs is 1. The fraction of sp³-hybridized carbons (Fsp3) is 0.467. The zero-order valence-corrected chi connectivity index (χ0v) is 12.3. The normalized spacial score (nSPS) is 13.1. The minimum absolute atomic E-state index is 0.103. The van der Waals surface area contributed by atoms with Crippen molar-refractivity contribution in [1.29, 1.82) is 0 Å². The van der Waals surface area contributed by atoms with Crippen molar-refractivity contribution < 1.29 is 14.6 Å². The van der Waals surface area contributed by atoms with Crippen LogP contribution in [0.4, 0.5) is 0 Å². The topological polar surface area (TPSA) is 64.4 Å². The Morgan fingerprint density at radius 3 is 2.65 bits per heavy atom. The van der Waals surface area contributed by atoms with Crippen LogP contribution in [0.25, 0.3) is 11.0 Å². The van der Waals surface area contributed by atoms with Gasteiger partial charge in [0.1, 0.15) is 5.82 Å². The first-order valence-electron chi connectivity index (χ1n) is 6.69. The number of aromatic carboxylic acids is 1. The van der Waals surface area contributed by atoms with Crippen molar-refractivity contribution in [3.05, 3.63) is 29.6 Å². The summed E-state index contributed by atoms with van der Waals surface area (Å²) in [6.07, 6.45) is 0. The molecule has 1 unspecified atom stereocenters. The first-order chi connectivity index (χ1) is 9.45. The summed E-state index contributed by atoms with van der Waals surface area (Å²) in [6, 6.07) is 5.14. The zero-order valence-electron chi connectivity index (χ0n) is 12.3. The van der Waals surface area contributed by atoms with Gasteiger partial charge in [0, 0.05) is 13.0 Å². The number of imidazole rings is 1. The van der Waals surface area contributed by atoms with Crippen molar-refractivity contribution in [2.75, 3.05) is 13.7 Å². The molecule has 20 heavy (non-hydrogen) atoms. The molecule has 5 heteroatoms. The lowest BCUT2D eigenvalue weighted by Crippen LogP contribution is -2.15. The lowest BCUT2D eigenvalue weighted by molar-refractivity contribution is 0.0697. The summed E-state index contributed by atoms with van der Waals surface area (Å²) in [5.74, 6) is 0.284. The van der Waals surface area contributed by atoms with Crippen molar-refractivity contribution in [1.82, 2.24) is 9.55 Å². The standard InChI is InChI=1S/C15H20N2O3/c1-9(2)14-16-12-6-5-11(15(18)19)7-13(12)17(14)10(3)8-20-4/h5-7,9-10H,8H2,1-4H3,(H,18,19). The van der Waals surface area contributed by atoms with Crippen molar-refractivity contribution in [2.45, 2.75) is 32.7 Å². The molecule has 1 heterocycles. The molecular weight excluding hydrogens is 256 g/mol. The maximum Gasteiger partial charge on any atom is 0.335 e. The van der Waals surface area contributed by atoms with Crippen LogP contribution in [0.1, 0.15) is 48.9 Å². The number of carboxylic acid groups (broad SMARTS) is 1. The highest BCUT2D eigenvalue weighted by atomic mass is 16.5. The molecule has 5 nitrogen and oxygen atoms in total. The molecule has 0 saturated carbocycles. The first-order valence-corrected chi connectivity index (χ1v) is 6.69. The molecule has 0 spiro atoms. The highest BCUT2D eigenvalue weighted by Gasteiger charge is 2.19. The van der Waals surface area contributed by atoms with Crippen molar-refractivity contribution >= 4 is 17.0 Å². The van der Waals surface area contributed by atoms with Gasteiger partial charge in [-0.2, -0.15) is 0 Å². The molecule has 0 amide bonds. The Hall–Kier alpha value is -1.88. The highest BCUT2D eigenvalue weighted by Crippen LogP contribution is 2.27. The summed E-state index contributed by atoms with van der Waals surface area (Å²) < 4.78 is 7.30. The summed E-state index contributed by atoms with van der Waals surface area (Å²) in [7, 11) is 1.66. The number of aromatic nitrogens is 2. The number of methoxy groups -OCH3 is 1. The van der Waals surface area contributed by atoms with Gasteiger partial charge < -0.3 is 14.4 Å². The summed E-state index contributed by atoms with van der Waals surface area (Å²) in [5, 5.41) is 9.14. The summed E-state index contributed by atoms with van der Waals surface area (Å²) >= 11 is 0. The zero-order chi connectivity index (χ0) is 14.9. The van der Waals surface area contributed by atoms with Crippen LogP contribution in [0.5, 0.6) is 0 Å². The Balaban J connectivity index is 2.67. The molecule has 2 aromatic rings. The van der Waals surface area contributed by atoms with E-state index in [1.807, 2.05) is 6.92 Å². The van der Waals surface area contributed by atoms with Gasteiger partial charge in [0.05, 0.1) is 29.2 Å². The Morgan fingerprint density at radius 2 is 2.10 bits per heavy atom. The van der Waals surface area contributed by atoms with E-state index in [-0.39, 0.29) is 17.5 Å². The molecule has 0 fully saturated rings. The predicted molar refractivity (Wildman–Crippen MR) is 77.4 cm³/mol. The minimum Gasteiger partial charge on any atom is -0.478 e. The van der Waals surface area contributed by atoms with E-state index in [1.165, 1.54) is 0 Å². The number of rotatable bonds is 5. The van der Waals surface area contributed by atoms with Gasteiger partial charge in [-0.3, -0.25) is 0 Å². The predicted octanol–water partition coefficient (Wildman–Crippen LogP) is 3.07. The smallest absolute Gasteiger partial charge is 0.335 e. The van der Waals surface area contributed by atoms with E-state index in [2.05, 4.69) is 23.4 Å². The lowest BCUT2D eigenvalue weighted by Gasteiger charge is -2.18. The van der Waals surface area contributed by atoms with E-state index in [1.54, 1.807) is 25.3 Å². The molecule has 108 valence electrons. The monoisotopic (exact) mass is 276 g/mol. The quantitative estimate of drug-likeness (QED) is 0.911. The van der Waals surface area contributed by atoms with Crippen LogP contribution in [0.15, 0.2) is 18.2 Å². The third-order valence-corrected chi connectivity index (χ3v) is 3.33. The number of benzene rings is 1. The van der Waals surface area contributed by atoms with Crippen molar-refractivity contribution in [3.8, 4) is 0 Å². The third kappa shape index (κ3) is 2.54. The Labute approximate surface area is 118 Å². The maximum absolute atomic E-state index is 11.1. The molecule has 0 saturated heterocycles. The maximum atomic E-state index is 11.1. The van der Waals surface area contributed by atoms with E-state index >= 15 is 0 Å². The first kappa shape index (κ1) is 14.5. The van der Waals surface area contributed by atoms with Crippen molar-refractivity contribution in [2.24, 2.45) is 0 Å². The average Bonchev–Trinajstić information content (AvgIpc) is 2.77. The number of hydrogen-bond acceptors (Lipinski definition) is 3. The molecular formula is C15H20N2O3. The van der Waals surface area contributed by atoms with Gasteiger partial charge in [-0.25, -0.2) is 9.78 Å². The molecule has 1 N–H and O–H groups in total. The number of nitrogens with zero attached hydrogens (tertiary/aromatic N) is 2. The van der Waals surface area contributed by atoms with Crippen LogP contribution in [0.3, 0.4) is 0 Å². The van der Waals surface area contributed by atoms with Gasteiger partial charge in [0.15, 0.2) is 0 Å². The number of ether oxygens (including phenoxy) is 1. The van der Waals surface area contributed by atoms with Gasteiger partial charge in [0.25, 0.3) is 0 Å². The van der Waals surface area contributed by atoms with Gasteiger partial charge in [-0.05, 0) is 25.1 Å². The van der Waals surface area contributed by atoms with Crippen LogP contribution >= 0.6 is 0 Å². The molecule has 0 radical (unpaired) electrons. The fourth-order valence-corrected chi connectivity index (χ4v) is 2.43. The molecule has 0 aliphatic carbocycles. The van der Waals surface area contributed by atoms with E-state index in [9.17, 15) is 4.79 Å². The Bertz CT molecular complexity index is 631. The van der Waals surface area contributed by atoms with Gasteiger partial charge in [-0.1, -0.05) is 13.8 Å². The number of carboxylic acids is 1. The molecule has 1 atom stereocenters. The third-order valence-electron chi connectivity index (χ3n) is 3.33. The number of carbonyl (C=O) groups is 1. The minimum atomic E-state index is -0.926. The largest absolute Gasteiger partial charge is 0.478 e. The number of hydrogen-bond donors (Lipinski definition) is 1. The second-order valence-corrected chi connectivity index (χ2v) is 5.31. The van der Waals surface area contributed by atoms with Crippen LogP contribution in [-0.4, -0.2) is 34.3 Å². The highest BCUT2D eigenvalue weighted by molar-refractivity contribution is 5.92. The molecule has 2 rings (SSSR count). The summed E-state index contributed by atoms with van der Waals surface area (Å²) in [4.78, 5) is 15.8. The molecule has 0 aliphatic rings.